The number of hydrogen-bond acceptors (Lipinski definition) is 2. The third-order valence-electron chi connectivity index (χ3n) is 4.11. The third kappa shape index (κ3) is 5.05. The summed E-state index contributed by atoms with van der Waals surface area (Å²) in [6, 6.07) is 0.862. The molecule has 0 aliphatic heterocycles. The number of nitrogens with zero attached hydrogens (tertiary/aromatic N) is 2. The van der Waals surface area contributed by atoms with Crippen LogP contribution < -0.4 is 16.6 Å². The molecule has 0 aromatic carbocycles. The van der Waals surface area contributed by atoms with Gasteiger partial charge in [-0.15, -0.1) is 0 Å². The molecule has 0 unspecified atom stereocenters. The zero-order valence-corrected chi connectivity index (χ0v) is 22.4. The van der Waals surface area contributed by atoms with Crippen LogP contribution in [0.1, 0.15) is 5.56 Å². The molecule has 0 bridgehead atoms. The van der Waals surface area contributed by atoms with E-state index in [4.69, 9.17) is 0 Å². The first kappa shape index (κ1) is 22.6. The molecule has 0 saturated carbocycles. The highest BCUT2D eigenvalue weighted by Crippen LogP contribution is 2.14. The fourth-order valence-corrected chi connectivity index (χ4v) is 11.8. The van der Waals surface area contributed by atoms with Crippen molar-refractivity contribution in [3.05, 3.63) is 26.4 Å². The Morgan fingerprint density at radius 2 is 1.08 bits per heavy atom. The molecule has 8 heteroatoms. The molecule has 1 aromatic heterocycles. The predicted octanol–water partition coefficient (Wildman–Crippen LogP) is 3.34. The van der Waals surface area contributed by atoms with Crippen molar-refractivity contribution in [3.63, 3.8) is 0 Å². The average molecular weight is 415 g/mol. The normalized spacial score (nSPS) is 14.1. The van der Waals surface area contributed by atoms with Gasteiger partial charge in [-0.25, -0.2) is 4.79 Å². The van der Waals surface area contributed by atoms with Gasteiger partial charge in [-0.1, -0.05) is 78.6 Å². The van der Waals surface area contributed by atoms with Crippen LogP contribution in [0.4, 0.5) is 0 Å². The first-order valence-electron chi connectivity index (χ1n) is 9.21. The summed E-state index contributed by atoms with van der Waals surface area (Å²) in [6.07, 6.45) is 0. The second kappa shape index (κ2) is 6.61. The summed E-state index contributed by atoms with van der Waals surface area (Å²) in [5.74, 6) is 0. The van der Waals surface area contributed by atoms with Crippen molar-refractivity contribution in [1.29, 1.82) is 0 Å². The van der Waals surface area contributed by atoms with E-state index in [2.05, 4.69) is 82.8 Å². The summed E-state index contributed by atoms with van der Waals surface area (Å²) in [5, 5.41) is 1.12. The highest BCUT2D eigenvalue weighted by molar-refractivity contribution is 6.91. The summed E-state index contributed by atoms with van der Waals surface area (Å²) in [7, 11) is -7.40. The number of aromatic nitrogens is 2. The lowest BCUT2D eigenvalue weighted by molar-refractivity contribution is 0.855. The fourth-order valence-electron chi connectivity index (χ4n) is 3.35. The Balaban J connectivity index is 4.25. The summed E-state index contributed by atoms with van der Waals surface area (Å²) >= 11 is 0. The van der Waals surface area contributed by atoms with Gasteiger partial charge in [0.2, 0.25) is 0 Å². The Hall–Kier alpha value is -0.452. The van der Waals surface area contributed by atoms with E-state index in [-0.39, 0.29) is 11.2 Å². The van der Waals surface area contributed by atoms with Gasteiger partial charge in [0.15, 0.2) is 16.5 Å². The maximum absolute atomic E-state index is 13.5. The molecule has 0 aliphatic carbocycles. The van der Waals surface area contributed by atoms with Crippen molar-refractivity contribution < 1.29 is 0 Å². The zero-order valence-electron chi connectivity index (χ0n) is 18.4. The van der Waals surface area contributed by atoms with Crippen LogP contribution in [0.3, 0.4) is 0 Å². The van der Waals surface area contributed by atoms with Crippen molar-refractivity contribution >= 4 is 37.9 Å². The van der Waals surface area contributed by atoms with Gasteiger partial charge >= 0.3 is 5.69 Å². The molecule has 0 amide bonds. The van der Waals surface area contributed by atoms with Gasteiger partial charge in [0.05, 0.1) is 8.07 Å². The van der Waals surface area contributed by atoms with Gasteiger partial charge in [0.25, 0.3) is 5.56 Å². The highest BCUT2D eigenvalue weighted by atomic mass is 28.3. The lowest BCUT2D eigenvalue weighted by atomic mass is 10.4. The minimum Gasteiger partial charge on any atom is -0.330 e. The van der Waals surface area contributed by atoms with Gasteiger partial charge < -0.3 is 4.23 Å². The minimum atomic E-state index is -2.10. The molecule has 144 valence electrons. The molecule has 0 fully saturated rings. The topological polar surface area (TPSA) is 44.0 Å². The van der Waals surface area contributed by atoms with Gasteiger partial charge in [0.1, 0.15) is 0 Å². The maximum Gasteiger partial charge on any atom is 0.314 e. The molecule has 0 N–H and O–H groups in total. The smallest absolute Gasteiger partial charge is 0.314 e. The first-order chi connectivity index (χ1) is 10.8. The summed E-state index contributed by atoms with van der Waals surface area (Å²) in [5.41, 5.74) is 0.932. The monoisotopic (exact) mass is 414 g/mol. The number of hydrogen-bond donors (Lipinski definition) is 0. The molecule has 1 aromatic rings. The van der Waals surface area contributed by atoms with Gasteiger partial charge in [-0.3, -0.25) is 9.03 Å². The van der Waals surface area contributed by atoms with Crippen molar-refractivity contribution in [2.24, 2.45) is 0 Å². The third-order valence-corrected chi connectivity index (χ3v) is 11.2. The van der Waals surface area contributed by atoms with Crippen LogP contribution in [0.25, 0.3) is 0 Å². The van der Waals surface area contributed by atoms with E-state index in [0.717, 1.165) is 16.9 Å². The molecule has 25 heavy (non-hydrogen) atoms. The van der Waals surface area contributed by atoms with Crippen LogP contribution in [0.15, 0.2) is 9.59 Å². The fraction of sp³-hybridized carbons (Fsp3) is 0.765. The Morgan fingerprint density at radius 3 is 1.36 bits per heavy atom. The van der Waals surface area contributed by atoms with Gasteiger partial charge in [-0.2, -0.15) is 0 Å². The Morgan fingerprint density at radius 1 is 0.680 bits per heavy atom. The molecule has 0 radical (unpaired) electrons. The van der Waals surface area contributed by atoms with Crippen molar-refractivity contribution in [2.45, 2.75) is 84.6 Å². The van der Waals surface area contributed by atoms with E-state index in [1.54, 1.807) is 4.23 Å². The Kier molecular flexibility index (Phi) is 5.97. The Labute approximate surface area is 157 Å². The van der Waals surface area contributed by atoms with E-state index < -0.39 is 32.6 Å². The van der Waals surface area contributed by atoms with Gasteiger partial charge in [-0.05, 0) is 6.04 Å². The SMILES string of the molecule is C[Si](C)(C)Cc1c([Si](C)(C)C)n([Si](C)(C)C)c(=O)n([Si](C)(C)C)c1=O. The summed E-state index contributed by atoms with van der Waals surface area (Å²) in [4.78, 5) is 27.0. The van der Waals surface area contributed by atoms with Crippen LogP contribution in [-0.2, 0) is 6.04 Å². The van der Waals surface area contributed by atoms with Crippen LogP contribution in [0.5, 0.6) is 0 Å². The first-order valence-corrected chi connectivity index (χ1v) is 23.3. The quantitative estimate of drug-likeness (QED) is 0.694. The van der Waals surface area contributed by atoms with Crippen LogP contribution in [0, 0.1) is 0 Å². The van der Waals surface area contributed by atoms with E-state index in [1.165, 1.54) is 0 Å². The second-order valence-corrected chi connectivity index (χ2v) is 31.4. The summed E-state index contributed by atoms with van der Waals surface area (Å²) in [6.45, 7) is 26.7. The maximum atomic E-state index is 13.5. The molecule has 0 aliphatic rings. The van der Waals surface area contributed by atoms with Crippen LogP contribution >= 0.6 is 0 Å². The standard InChI is InChI=1S/C17H38N2O2Si4/c1-22(2,3)13-14-15(20)18(24(7,8)9)17(21)19(25(10,11)12)16(14)23(4,5)6/h13H2,1-12H3. The largest absolute Gasteiger partial charge is 0.330 e. The van der Waals surface area contributed by atoms with E-state index >= 15 is 0 Å². The average Bonchev–Trinajstić information content (AvgIpc) is 2.25. The van der Waals surface area contributed by atoms with E-state index in [9.17, 15) is 9.59 Å². The summed E-state index contributed by atoms with van der Waals surface area (Å²) < 4.78 is 3.76. The highest BCUT2D eigenvalue weighted by Gasteiger charge is 2.37. The predicted molar refractivity (Wildman–Crippen MR) is 122 cm³/mol. The molecular weight excluding hydrogens is 377 g/mol. The molecule has 1 heterocycles. The van der Waals surface area contributed by atoms with Crippen molar-refractivity contribution in [1.82, 2.24) is 8.47 Å². The molecule has 4 nitrogen and oxygen atoms in total. The lowest BCUT2D eigenvalue weighted by Gasteiger charge is -2.36. The molecule has 1 rings (SSSR count). The van der Waals surface area contributed by atoms with Crippen molar-refractivity contribution in [3.8, 4) is 0 Å². The lowest BCUT2D eigenvalue weighted by Crippen LogP contribution is -2.67. The molecule has 0 spiro atoms. The second-order valence-electron chi connectivity index (χ2n) is 11.4. The van der Waals surface area contributed by atoms with Crippen LogP contribution in [-0.4, -0.2) is 41.1 Å². The zero-order chi connectivity index (χ0) is 20.2. The van der Waals surface area contributed by atoms with Crippen molar-refractivity contribution in [2.75, 3.05) is 0 Å². The number of rotatable bonds is 5. The van der Waals surface area contributed by atoms with Gasteiger partial charge in [0, 0.05) is 19.0 Å². The van der Waals surface area contributed by atoms with Crippen LogP contribution in [0.2, 0.25) is 78.6 Å². The molecule has 0 saturated heterocycles. The minimum absolute atomic E-state index is 0.0125. The molecule has 0 atom stereocenters. The molecular formula is C17H38N2O2Si4. The van der Waals surface area contributed by atoms with E-state index in [0.29, 0.717) is 0 Å². The Bertz CT molecular complexity index is 767. The van der Waals surface area contributed by atoms with E-state index in [1.807, 2.05) is 0 Å².